The zero-order valence-electron chi connectivity index (χ0n) is 10.2. The Labute approximate surface area is 109 Å². The fourth-order valence-corrected chi connectivity index (χ4v) is 2.40. The fraction of sp³-hybridized carbons (Fsp3) is 0.417. The van der Waals surface area contributed by atoms with Gasteiger partial charge in [0, 0.05) is 13.0 Å². The highest BCUT2D eigenvalue weighted by Crippen LogP contribution is 2.24. The van der Waals surface area contributed by atoms with Crippen LogP contribution >= 0.6 is 11.3 Å². The van der Waals surface area contributed by atoms with Gasteiger partial charge in [-0.15, -0.1) is 11.3 Å². The normalized spacial score (nSPS) is 10.5. The molecule has 5 nitrogen and oxygen atoms in total. The predicted molar refractivity (Wildman–Crippen MR) is 71.8 cm³/mol. The van der Waals surface area contributed by atoms with Crippen LogP contribution in [0.3, 0.4) is 0 Å². The fourth-order valence-electron chi connectivity index (χ4n) is 1.59. The molecule has 0 fully saturated rings. The number of carbonyl (C=O) groups is 1. The summed E-state index contributed by atoms with van der Waals surface area (Å²) in [5, 5.41) is 5.21. The van der Waals surface area contributed by atoms with Crippen LogP contribution in [0.5, 0.6) is 0 Å². The molecule has 2 heterocycles. The lowest BCUT2D eigenvalue weighted by molar-refractivity contribution is -0.143. The third-order valence-corrected chi connectivity index (χ3v) is 3.31. The van der Waals surface area contributed by atoms with Gasteiger partial charge < -0.3 is 10.1 Å². The number of nitrogens with one attached hydrogen (secondary N) is 1. The lowest BCUT2D eigenvalue weighted by Gasteiger charge is -2.05. The van der Waals surface area contributed by atoms with Crippen molar-refractivity contribution in [2.24, 2.45) is 0 Å². The zero-order valence-corrected chi connectivity index (χ0v) is 11.0. The first kappa shape index (κ1) is 12.8. The number of ether oxygens (including phenoxy) is 1. The standard InChI is InChI=1S/C12H15N3O2S/c1-2-17-10(16)4-3-6-13-12-11-9(5-7-18-11)14-8-15-12/h5,7-8H,2-4,6H2,1H3,(H,13,14,15). The van der Waals surface area contributed by atoms with Crippen molar-refractivity contribution in [2.75, 3.05) is 18.5 Å². The number of esters is 1. The number of hydrogen-bond acceptors (Lipinski definition) is 6. The van der Waals surface area contributed by atoms with Crippen LogP contribution in [-0.4, -0.2) is 29.1 Å². The maximum Gasteiger partial charge on any atom is 0.305 e. The predicted octanol–water partition coefficient (Wildman–Crippen LogP) is 2.45. The Balaban J connectivity index is 1.83. The van der Waals surface area contributed by atoms with Crippen molar-refractivity contribution in [3.05, 3.63) is 17.8 Å². The van der Waals surface area contributed by atoms with Crippen LogP contribution < -0.4 is 5.32 Å². The molecule has 0 spiro atoms. The van der Waals surface area contributed by atoms with E-state index in [-0.39, 0.29) is 5.97 Å². The summed E-state index contributed by atoms with van der Waals surface area (Å²) in [6, 6.07) is 1.96. The summed E-state index contributed by atoms with van der Waals surface area (Å²) in [4.78, 5) is 19.5. The third kappa shape index (κ3) is 3.16. The Kier molecular flexibility index (Phi) is 4.46. The summed E-state index contributed by atoms with van der Waals surface area (Å²) in [5.74, 6) is 0.683. The maximum atomic E-state index is 11.2. The number of thiophene rings is 1. The van der Waals surface area contributed by atoms with Crippen LogP contribution in [0, 0.1) is 0 Å². The molecule has 0 saturated heterocycles. The van der Waals surface area contributed by atoms with E-state index in [0.29, 0.717) is 19.6 Å². The highest BCUT2D eigenvalue weighted by Gasteiger charge is 2.05. The monoisotopic (exact) mass is 265 g/mol. The molecule has 0 amide bonds. The summed E-state index contributed by atoms with van der Waals surface area (Å²) < 4.78 is 5.91. The van der Waals surface area contributed by atoms with Crippen LogP contribution in [0.1, 0.15) is 19.8 Å². The van der Waals surface area contributed by atoms with Gasteiger partial charge in [-0.25, -0.2) is 9.97 Å². The number of hydrogen-bond donors (Lipinski definition) is 1. The average molecular weight is 265 g/mol. The number of fused-ring (bicyclic) bond motifs is 1. The second kappa shape index (κ2) is 6.30. The van der Waals surface area contributed by atoms with E-state index in [2.05, 4.69) is 15.3 Å². The maximum absolute atomic E-state index is 11.2. The number of rotatable bonds is 6. The van der Waals surface area contributed by atoms with Gasteiger partial charge in [-0.3, -0.25) is 4.79 Å². The largest absolute Gasteiger partial charge is 0.466 e. The average Bonchev–Trinajstić information content (AvgIpc) is 2.84. The van der Waals surface area contributed by atoms with Crippen LogP contribution in [0.4, 0.5) is 5.82 Å². The molecule has 2 rings (SSSR count). The van der Waals surface area contributed by atoms with E-state index in [9.17, 15) is 4.79 Å². The Bertz CT molecular complexity index is 527. The van der Waals surface area contributed by atoms with Crippen molar-refractivity contribution < 1.29 is 9.53 Å². The summed E-state index contributed by atoms with van der Waals surface area (Å²) in [7, 11) is 0. The lowest BCUT2D eigenvalue weighted by atomic mass is 10.3. The van der Waals surface area contributed by atoms with Crippen LogP contribution in [0.25, 0.3) is 10.2 Å². The van der Waals surface area contributed by atoms with Crippen molar-refractivity contribution in [1.82, 2.24) is 9.97 Å². The molecule has 0 atom stereocenters. The first-order chi connectivity index (χ1) is 8.81. The smallest absolute Gasteiger partial charge is 0.305 e. The molecule has 0 aromatic carbocycles. The van der Waals surface area contributed by atoms with E-state index in [1.165, 1.54) is 0 Å². The number of nitrogens with zero attached hydrogens (tertiary/aromatic N) is 2. The molecule has 1 N–H and O–H groups in total. The zero-order chi connectivity index (χ0) is 12.8. The summed E-state index contributed by atoms with van der Waals surface area (Å²) in [6.45, 7) is 2.95. The van der Waals surface area contributed by atoms with Crippen molar-refractivity contribution in [3.8, 4) is 0 Å². The van der Waals surface area contributed by atoms with Crippen molar-refractivity contribution in [3.63, 3.8) is 0 Å². The number of anilines is 1. The second-order valence-electron chi connectivity index (χ2n) is 3.69. The number of aromatic nitrogens is 2. The highest BCUT2D eigenvalue weighted by atomic mass is 32.1. The molecule has 2 aromatic rings. The van der Waals surface area contributed by atoms with E-state index in [4.69, 9.17) is 4.74 Å². The van der Waals surface area contributed by atoms with Crippen LogP contribution in [-0.2, 0) is 9.53 Å². The minimum absolute atomic E-state index is 0.150. The molecule has 0 unspecified atom stereocenters. The molecular formula is C12H15N3O2S. The molecule has 18 heavy (non-hydrogen) atoms. The Morgan fingerprint density at radius 3 is 3.22 bits per heavy atom. The van der Waals surface area contributed by atoms with Gasteiger partial charge in [0.15, 0.2) is 0 Å². The first-order valence-corrected chi connectivity index (χ1v) is 6.77. The summed E-state index contributed by atoms with van der Waals surface area (Å²) in [5.41, 5.74) is 0.947. The topological polar surface area (TPSA) is 64.1 Å². The molecular weight excluding hydrogens is 250 g/mol. The molecule has 0 saturated carbocycles. The molecule has 0 aliphatic heterocycles. The molecule has 0 aliphatic carbocycles. The van der Waals surface area contributed by atoms with Gasteiger partial charge in [0.1, 0.15) is 12.1 Å². The molecule has 2 aromatic heterocycles. The van der Waals surface area contributed by atoms with Gasteiger partial charge in [-0.2, -0.15) is 0 Å². The minimum Gasteiger partial charge on any atom is -0.466 e. The van der Waals surface area contributed by atoms with E-state index >= 15 is 0 Å². The Hall–Kier alpha value is -1.69. The van der Waals surface area contributed by atoms with E-state index in [1.54, 1.807) is 17.7 Å². The highest BCUT2D eigenvalue weighted by molar-refractivity contribution is 7.17. The second-order valence-corrected chi connectivity index (χ2v) is 4.61. The van der Waals surface area contributed by atoms with Gasteiger partial charge >= 0.3 is 5.97 Å². The van der Waals surface area contributed by atoms with E-state index in [1.807, 2.05) is 18.4 Å². The summed E-state index contributed by atoms with van der Waals surface area (Å²) >= 11 is 1.61. The third-order valence-electron chi connectivity index (χ3n) is 2.40. The van der Waals surface area contributed by atoms with Gasteiger partial charge in [-0.1, -0.05) is 0 Å². The first-order valence-electron chi connectivity index (χ1n) is 5.89. The minimum atomic E-state index is -0.150. The Morgan fingerprint density at radius 1 is 1.50 bits per heavy atom. The molecule has 96 valence electrons. The van der Waals surface area contributed by atoms with Gasteiger partial charge in [0.25, 0.3) is 0 Å². The summed E-state index contributed by atoms with van der Waals surface area (Å²) in [6.07, 6.45) is 2.71. The van der Waals surface area contributed by atoms with E-state index < -0.39 is 0 Å². The van der Waals surface area contributed by atoms with Gasteiger partial charge in [-0.05, 0) is 24.8 Å². The molecule has 6 heteroatoms. The molecule has 0 aliphatic rings. The van der Waals surface area contributed by atoms with Crippen LogP contribution in [0.15, 0.2) is 17.8 Å². The van der Waals surface area contributed by atoms with Crippen molar-refractivity contribution in [2.45, 2.75) is 19.8 Å². The quantitative estimate of drug-likeness (QED) is 0.642. The van der Waals surface area contributed by atoms with Crippen molar-refractivity contribution >= 4 is 33.3 Å². The SMILES string of the molecule is CCOC(=O)CCCNc1ncnc2ccsc12. The van der Waals surface area contributed by atoms with Crippen molar-refractivity contribution in [1.29, 1.82) is 0 Å². The number of carbonyl (C=O) groups excluding carboxylic acids is 1. The van der Waals surface area contributed by atoms with Gasteiger partial charge in [0.2, 0.25) is 0 Å². The lowest BCUT2D eigenvalue weighted by Crippen LogP contribution is -2.09. The van der Waals surface area contributed by atoms with E-state index in [0.717, 1.165) is 22.5 Å². The van der Waals surface area contributed by atoms with Crippen LogP contribution in [0.2, 0.25) is 0 Å². The molecule has 0 radical (unpaired) electrons. The molecule has 0 bridgehead atoms. The Morgan fingerprint density at radius 2 is 2.39 bits per heavy atom. The van der Waals surface area contributed by atoms with Gasteiger partial charge in [0.05, 0.1) is 16.8 Å².